The van der Waals surface area contributed by atoms with Gasteiger partial charge in [0.15, 0.2) is 0 Å². The number of carboxylic acid groups (broad SMARTS) is 1. The lowest BCUT2D eigenvalue weighted by Crippen LogP contribution is -2.57. The van der Waals surface area contributed by atoms with Gasteiger partial charge in [-0.05, 0) is 56.8 Å². The highest BCUT2D eigenvalue weighted by atomic mass is 16.4. The molecule has 1 fully saturated rings. The molecule has 0 aliphatic carbocycles. The van der Waals surface area contributed by atoms with E-state index >= 15 is 0 Å². The van der Waals surface area contributed by atoms with Gasteiger partial charge >= 0.3 is 5.97 Å². The molecule has 10 N–H and O–H groups in total. The fourth-order valence-corrected chi connectivity index (χ4v) is 4.62. The van der Waals surface area contributed by atoms with Crippen LogP contribution in [0.2, 0.25) is 0 Å². The van der Waals surface area contributed by atoms with Gasteiger partial charge < -0.3 is 42.8 Å². The van der Waals surface area contributed by atoms with Gasteiger partial charge in [0.1, 0.15) is 18.1 Å². The van der Waals surface area contributed by atoms with Gasteiger partial charge in [-0.1, -0.05) is 18.2 Å². The minimum Gasteiger partial charge on any atom is -0.480 e. The fraction of sp³-hybridized carbons (Fsp3) is 0.500. The molecule has 2 heterocycles. The summed E-state index contributed by atoms with van der Waals surface area (Å²) in [5, 5.41) is 21.2. The quantitative estimate of drug-likeness (QED) is 0.130. The summed E-state index contributed by atoms with van der Waals surface area (Å²) in [4.78, 5) is 65.5. The van der Waals surface area contributed by atoms with Gasteiger partial charge in [-0.2, -0.15) is 0 Å². The fourth-order valence-electron chi connectivity index (χ4n) is 4.62. The third-order valence-electron chi connectivity index (χ3n) is 6.71. The third-order valence-corrected chi connectivity index (χ3v) is 6.71. The average molecular weight is 544 g/mol. The number of para-hydroxylation sites is 1. The molecule has 4 unspecified atom stereocenters. The first-order valence-electron chi connectivity index (χ1n) is 13.1. The number of aliphatic carboxylic acids is 1. The van der Waals surface area contributed by atoms with Crippen molar-refractivity contribution < 1.29 is 29.1 Å². The van der Waals surface area contributed by atoms with Crippen molar-refractivity contribution in [3.63, 3.8) is 0 Å². The van der Waals surface area contributed by atoms with Crippen molar-refractivity contribution in [3.05, 3.63) is 36.0 Å². The number of carbonyl (C=O) groups excluding carboxylic acids is 4. The zero-order valence-corrected chi connectivity index (χ0v) is 21.7. The van der Waals surface area contributed by atoms with Crippen LogP contribution in [-0.2, 0) is 30.4 Å². The first-order chi connectivity index (χ1) is 18.7. The van der Waals surface area contributed by atoms with Crippen LogP contribution >= 0.6 is 0 Å². The number of primary amides is 1. The second kappa shape index (κ2) is 14.3. The number of fused-ring (bicyclic) bond motifs is 1. The van der Waals surface area contributed by atoms with E-state index in [4.69, 9.17) is 11.5 Å². The van der Waals surface area contributed by atoms with E-state index in [9.17, 15) is 29.1 Å². The van der Waals surface area contributed by atoms with E-state index in [0.29, 0.717) is 32.4 Å². The number of carbonyl (C=O) groups is 5. The highest BCUT2D eigenvalue weighted by molar-refractivity contribution is 5.95. The van der Waals surface area contributed by atoms with Crippen LogP contribution in [0.4, 0.5) is 0 Å². The lowest BCUT2D eigenvalue weighted by Gasteiger charge is -2.25. The second-order valence-electron chi connectivity index (χ2n) is 9.69. The Balaban J connectivity index is 1.80. The predicted molar refractivity (Wildman–Crippen MR) is 143 cm³/mol. The minimum atomic E-state index is -1.54. The summed E-state index contributed by atoms with van der Waals surface area (Å²) in [7, 11) is 0. The average Bonchev–Trinajstić information content (AvgIpc) is 3.58. The Bertz CT molecular complexity index is 1180. The lowest BCUT2D eigenvalue weighted by molar-refractivity contribution is -0.143. The molecular formula is C26H37N7O6. The molecule has 0 bridgehead atoms. The number of aromatic amines is 1. The number of carboxylic acids is 1. The number of nitrogens with one attached hydrogen (secondary N) is 5. The van der Waals surface area contributed by atoms with Crippen LogP contribution in [0.5, 0.6) is 0 Å². The van der Waals surface area contributed by atoms with Gasteiger partial charge in [-0.15, -0.1) is 0 Å². The molecule has 212 valence electrons. The number of amides is 4. The topological polar surface area (TPSA) is 222 Å². The number of rotatable bonds is 15. The van der Waals surface area contributed by atoms with Crippen molar-refractivity contribution in [2.24, 2.45) is 11.5 Å². The van der Waals surface area contributed by atoms with Crippen LogP contribution in [0.1, 0.15) is 44.1 Å². The smallest absolute Gasteiger partial charge is 0.326 e. The Morgan fingerprint density at radius 2 is 1.72 bits per heavy atom. The monoisotopic (exact) mass is 543 g/mol. The summed E-state index contributed by atoms with van der Waals surface area (Å²) in [5.74, 6) is -4.01. The van der Waals surface area contributed by atoms with E-state index in [1.54, 1.807) is 6.20 Å². The molecule has 2 aromatic rings. The highest BCUT2D eigenvalue weighted by Gasteiger charge is 2.32. The van der Waals surface area contributed by atoms with Gasteiger partial charge in [0.25, 0.3) is 0 Å². The van der Waals surface area contributed by atoms with Crippen molar-refractivity contribution >= 4 is 40.5 Å². The van der Waals surface area contributed by atoms with Gasteiger partial charge in [0.2, 0.25) is 23.6 Å². The van der Waals surface area contributed by atoms with E-state index < -0.39 is 54.3 Å². The number of aromatic nitrogens is 1. The van der Waals surface area contributed by atoms with Crippen molar-refractivity contribution in [1.82, 2.24) is 26.3 Å². The van der Waals surface area contributed by atoms with Crippen LogP contribution in [0.15, 0.2) is 30.5 Å². The zero-order valence-electron chi connectivity index (χ0n) is 21.7. The molecule has 39 heavy (non-hydrogen) atoms. The maximum atomic E-state index is 13.5. The summed E-state index contributed by atoms with van der Waals surface area (Å²) in [5.41, 5.74) is 12.4. The molecule has 1 aliphatic rings. The SMILES string of the molecule is NCCCCC(NC(=O)C(Cc1c[nH]c2ccccc12)NC(=O)C1CCCN1)C(=O)NC(CC(N)=O)C(=O)O. The molecular weight excluding hydrogens is 506 g/mol. The van der Waals surface area contributed by atoms with Crippen molar-refractivity contribution in [3.8, 4) is 0 Å². The number of hydrogen-bond acceptors (Lipinski definition) is 7. The van der Waals surface area contributed by atoms with Gasteiger partial charge in [0, 0.05) is 23.5 Å². The number of hydrogen-bond donors (Lipinski definition) is 8. The third kappa shape index (κ3) is 8.52. The standard InChI is InChI=1S/C26H37N7O6/c27-10-4-3-8-19(24(36)33-21(26(38)39)13-22(28)34)31-25(37)20(32-23(35)18-9-5-11-29-18)12-15-14-30-17-7-2-1-6-16(15)17/h1-2,6-7,14,18-21,29-30H,3-5,8-13,27H2,(H2,28,34)(H,31,37)(H,32,35)(H,33,36)(H,38,39). The first-order valence-corrected chi connectivity index (χ1v) is 13.1. The molecule has 13 nitrogen and oxygen atoms in total. The number of unbranched alkanes of at least 4 members (excludes halogenated alkanes) is 1. The van der Waals surface area contributed by atoms with Crippen LogP contribution in [-0.4, -0.2) is 76.9 Å². The first kappa shape index (κ1) is 29.6. The summed E-state index contributed by atoms with van der Waals surface area (Å²) in [6.07, 6.45) is 4.06. The molecule has 1 aromatic heterocycles. The van der Waals surface area contributed by atoms with Crippen LogP contribution in [0.25, 0.3) is 10.9 Å². The molecule has 4 amide bonds. The molecule has 1 aromatic carbocycles. The van der Waals surface area contributed by atoms with Crippen molar-refractivity contribution in [2.45, 2.75) is 69.1 Å². The van der Waals surface area contributed by atoms with E-state index in [2.05, 4.69) is 26.3 Å². The van der Waals surface area contributed by atoms with Gasteiger partial charge in [-0.25, -0.2) is 4.79 Å². The van der Waals surface area contributed by atoms with E-state index in [0.717, 1.165) is 22.9 Å². The van der Waals surface area contributed by atoms with Crippen LogP contribution in [0.3, 0.4) is 0 Å². The Morgan fingerprint density at radius 3 is 2.38 bits per heavy atom. The highest BCUT2D eigenvalue weighted by Crippen LogP contribution is 2.19. The van der Waals surface area contributed by atoms with E-state index in [1.165, 1.54) is 0 Å². The Kier molecular flexibility index (Phi) is 10.8. The van der Waals surface area contributed by atoms with E-state index in [-0.39, 0.29) is 18.7 Å². The molecule has 1 saturated heterocycles. The molecule has 0 spiro atoms. The van der Waals surface area contributed by atoms with Gasteiger partial charge in [-0.3, -0.25) is 19.2 Å². The molecule has 3 rings (SSSR count). The summed E-state index contributed by atoms with van der Waals surface area (Å²) in [6, 6.07) is 3.47. The summed E-state index contributed by atoms with van der Waals surface area (Å²) >= 11 is 0. The largest absolute Gasteiger partial charge is 0.480 e. The van der Waals surface area contributed by atoms with Crippen LogP contribution < -0.4 is 32.7 Å². The molecule has 0 radical (unpaired) electrons. The Morgan fingerprint density at radius 1 is 1.00 bits per heavy atom. The summed E-state index contributed by atoms with van der Waals surface area (Å²) in [6.45, 7) is 1.08. The lowest BCUT2D eigenvalue weighted by atomic mass is 10.0. The Labute approximate surface area is 225 Å². The Hall–Kier alpha value is -3.97. The summed E-state index contributed by atoms with van der Waals surface area (Å²) < 4.78 is 0. The van der Waals surface area contributed by atoms with Crippen molar-refractivity contribution in [1.29, 1.82) is 0 Å². The van der Waals surface area contributed by atoms with E-state index in [1.807, 2.05) is 24.3 Å². The predicted octanol–water partition coefficient (Wildman–Crippen LogP) is -0.994. The van der Waals surface area contributed by atoms with Crippen LogP contribution in [0, 0.1) is 0 Å². The number of H-pyrrole nitrogens is 1. The normalized spacial score (nSPS) is 17.2. The minimum absolute atomic E-state index is 0.158. The number of nitrogens with two attached hydrogens (primary N) is 2. The molecule has 0 saturated carbocycles. The second-order valence-corrected chi connectivity index (χ2v) is 9.69. The maximum Gasteiger partial charge on any atom is 0.326 e. The maximum absolute atomic E-state index is 13.5. The molecule has 1 aliphatic heterocycles. The van der Waals surface area contributed by atoms with Crippen molar-refractivity contribution in [2.75, 3.05) is 13.1 Å². The zero-order chi connectivity index (χ0) is 28.4. The molecule has 13 heteroatoms. The number of benzene rings is 1. The van der Waals surface area contributed by atoms with Gasteiger partial charge in [0.05, 0.1) is 12.5 Å². The molecule has 4 atom stereocenters.